The fourth-order valence-electron chi connectivity index (χ4n) is 2.74. The van der Waals surface area contributed by atoms with Crippen LogP contribution in [0.25, 0.3) is 11.3 Å². The number of rotatable bonds is 5. The Morgan fingerprint density at radius 1 is 1.27 bits per heavy atom. The molecule has 1 aliphatic rings. The average Bonchev–Trinajstić information content (AvgIpc) is 3.04. The molecular weight excluding hydrogens is 299 g/mol. The summed E-state index contributed by atoms with van der Waals surface area (Å²) in [7, 11) is 0. The summed E-state index contributed by atoms with van der Waals surface area (Å²) in [6.45, 7) is 5.79. The molecule has 22 heavy (non-hydrogen) atoms. The standard InChI is InChI=1S/C17H21FN2OS/c1-2-21-11-13-7-9-20(10-8-13)17-19-16(12-22-17)14-3-5-15(18)6-4-14/h3-6,12-13H,2,7-11H2,1H3. The first-order chi connectivity index (χ1) is 10.8. The quantitative estimate of drug-likeness (QED) is 0.825. The third kappa shape index (κ3) is 3.65. The Balaban J connectivity index is 1.61. The smallest absolute Gasteiger partial charge is 0.185 e. The van der Waals surface area contributed by atoms with Crippen molar-refractivity contribution in [3.8, 4) is 11.3 Å². The molecule has 1 aromatic carbocycles. The number of piperidine rings is 1. The van der Waals surface area contributed by atoms with Crippen molar-refractivity contribution in [2.45, 2.75) is 19.8 Å². The first-order valence-electron chi connectivity index (χ1n) is 7.80. The molecular formula is C17H21FN2OS. The summed E-state index contributed by atoms with van der Waals surface area (Å²) in [5.41, 5.74) is 1.89. The average molecular weight is 320 g/mol. The van der Waals surface area contributed by atoms with E-state index in [1.165, 1.54) is 12.1 Å². The van der Waals surface area contributed by atoms with Gasteiger partial charge in [0.15, 0.2) is 5.13 Å². The number of nitrogens with zero attached hydrogens (tertiary/aromatic N) is 2. The van der Waals surface area contributed by atoms with Gasteiger partial charge in [0.1, 0.15) is 5.82 Å². The summed E-state index contributed by atoms with van der Waals surface area (Å²) in [6.07, 6.45) is 2.32. The van der Waals surface area contributed by atoms with Crippen molar-refractivity contribution in [3.63, 3.8) is 0 Å². The van der Waals surface area contributed by atoms with Gasteiger partial charge in [0.2, 0.25) is 0 Å². The molecule has 0 N–H and O–H groups in total. The van der Waals surface area contributed by atoms with Crippen LogP contribution in [0, 0.1) is 11.7 Å². The van der Waals surface area contributed by atoms with E-state index in [0.29, 0.717) is 5.92 Å². The van der Waals surface area contributed by atoms with Crippen LogP contribution in [0.15, 0.2) is 29.6 Å². The lowest BCUT2D eigenvalue weighted by Gasteiger charge is -2.31. The maximum absolute atomic E-state index is 13.0. The van der Waals surface area contributed by atoms with Crippen LogP contribution in [-0.2, 0) is 4.74 Å². The molecule has 2 aromatic rings. The molecule has 1 fully saturated rings. The first-order valence-corrected chi connectivity index (χ1v) is 8.68. The van der Waals surface area contributed by atoms with Gasteiger partial charge in [0, 0.05) is 37.2 Å². The predicted molar refractivity (Wildman–Crippen MR) is 88.9 cm³/mol. The lowest BCUT2D eigenvalue weighted by Crippen LogP contribution is -2.35. The molecule has 0 spiro atoms. The molecule has 3 nitrogen and oxygen atoms in total. The maximum Gasteiger partial charge on any atom is 0.185 e. The second-order valence-corrected chi connectivity index (χ2v) is 6.45. The van der Waals surface area contributed by atoms with Gasteiger partial charge in [-0.3, -0.25) is 0 Å². The number of halogens is 1. The van der Waals surface area contributed by atoms with Crippen LogP contribution in [-0.4, -0.2) is 31.3 Å². The van der Waals surface area contributed by atoms with Gasteiger partial charge in [-0.2, -0.15) is 0 Å². The van der Waals surface area contributed by atoms with Crippen LogP contribution in [0.5, 0.6) is 0 Å². The van der Waals surface area contributed by atoms with Gasteiger partial charge >= 0.3 is 0 Å². The Morgan fingerprint density at radius 2 is 2.00 bits per heavy atom. The monoisotopic (exact) mass is 320 g/mol. The number of thiazole rings is 1. The van der Waals surface area contributed by atoms with Crippen LogP contribution in [0.1, 0.15) is 19.8 Å². The van der Waals surface area contributed by atoms with Gasteiger partial charge in [0.25, 0.3) is 0 Å². The Labute approximate surface area is 134 Å². The molecule has 1 aliphatic heterocycles. The molecule has 1 saturated heterocycles. The van der Waals surface area contributed by atoms with E-state index in [4.69, 9.17) is 9.72 Å². The molecule has 0 amide bonds. The summed E-state index contributed by atoms with van der Waals surface area (Å²) in [4.78, 5) is 7.06. The number of hydrogen-bond acceptors (Lipinski definition) is 4. The van der Waals surface area contributed by atoms with E-state index in [9.17, 15) is 4.39 Å². The molecule has 5 heteroatoms. The van der Waals surface area contributed by atoms with Crippen LogP contribution in [0.2, 0.25) is 0 Å². The van der Waals surface area contributed by atoms with Crippen molar-refractivity contribution in [1.82, 2.24) is 4.98 Å². The van der Waals surface area contributed by atoms with Crippen molar-refractivity contribution in [3.05, 3.63) is 35.5 Å². The highest BCUT2D eigenvalue weighted by Gasteiger charge is 2.21. The maximum atomic E-state index is 13.0. The van der Waals surface area contributed by atoms with Gasteiger partial charge in [0.05, 0.1) is 5.69 Å². The third-order valence-electron chi connectivity index (χ3n) is 4.07. The van der Waals surface area contributed by atoms with E-state index in [1.54, 1.807) is 23.5 Å². The first kappa shape index (κ1) is 15.4. The molecule has 0 atom stereocenters. The van der Waals surface area contributed by atoms with Gasteiger partial charge in [-0.15, -0.1) is 11.3 Å². The molecule has 2 heterocycles. The summed E-state index contributed by atoms with van der Waals surface area (Å²) in [6, 6.07) is 6.52. The normalized spacial score (nSPS) is 16.2. The van der Waals surface area contributed by atoms with Crippen molar-refractivity contribution in [2.75, 3.05) is 31.2 Å². The second kappa shape index (κ2) is 7.20. The molecule has 0 radical (unpaired) electrons. The lowest BCUT2D eigenvalue weighted by molar-refractivity contribution is 0.100. The Kier molecular flexibility index (Phi) is 5.05. The third-order valence-corrected chi connectivity index (χ3v) is 4.98. The highest BCUT2D eigenvalue weighted by molar-refractivity contribution is 7.14. The Morgan fingerprint density at radius 3 is 2.68 bits per heavy atom. The Bertz CT molecular complexity index is 591. The zero-order chi connectivity index (χ0) is 15.4. The van der Waals surface area contributed by atoms with E-state index >= 15 is 0 Å². The number of hydrogen-bond donors (Lipinski definition) is 0. The summed E-state index contributed by atoms with van der Waals surface area (Å²) in [5.74, 6) is 0.461. The zero-order valence-corrected chi connectivity index (χ0v) is 13.6. The predicted octanol–water partition coefficient (Wildman–Crippen LogP) is 4.20. The van der Waals surface area contributed by atoms with Crippen LogP contribution >= 0.6 is 11.3 Å². The highest BCUT2D eigenvalue weighted by atomic mass is 32.1. The van der Waals surface area contributed by atoms with Crippen LogP contribution in [0.4, 0.5) is 9.52 Å². The van der Waals surface area contributed by atoms with E-state index in [2.05, 4.69) is 10.3 Å². The fourth-order valence-corrected chi connectivity index (χ4v) is 3.63. The van der Waals surface area contributed by atoms with Crippen molar-refractivity contribution in [1.29, 1.82) is 0 Å². The Hall–Kier alpha value is -1.46. The minimum absolute atomic E-state index is 0.212. The van der Waals surface area contributed by atoms with E-state index < -0.39 is 0 Å². The number of benzene rings is 1. The van der Waals surface area contributed by atoms with Gasteiger partial charge in [-0.05, 0) is 49.9 Å². The topological polar surface area (TPSA) is 25.4 Å². The second-order valence-electron chi connectivity index (χ2n) is 5.61. The van der Waals surface area contributed by atoms with Crippen molar-refractivity contribution >= 4 is 16.5 Å². The summed E-state index contributed by atoms with van der Waals surface area (Å²) < 4.78 is 18.5. The van der Waals surface area contributed by atoms with Crippen LogP contribution < -0.4 is 4.90 Å². The summed E-state index contributed by atoms with van der Waals surface area (Å²) >= 11 is 1.66. The molecule has 118 valence electrons. The molecule has 0 bridgehead atoms. The van der Waals surface area contributed by atoms with E-state index in [1.807, 2.05) is 6.92 Å². The van der Waals surface area contributed by atoms with E-state index in [-0.39, 0.29) is 5.82 Å². The molecule has 0 saturated carbocycles. The van der Waals surface area contributed by atoms with Gasteiger partial charge < -0.3 is 9.64 Å². The summed E-state index contributed by atoms with van der Waals surface area (Å²) in [5, 5.41) is 3.11. The molecule has 3 rings (SSSR count). The van der Waals surface area contributed by atoms with Crippen molar-refractivity contribution in [2.24, 2.45) is 5.92 Å². The van der Waals surface area contributed by atoms with Gasteiger partial charge in [-0.1, -0.05) is 0 Å². The lowest BCUT2D eigenvalue weighted by atomic mass is 9.98. The highest BCUT2D eigenvalue weighted by Crippen LogP contribution is 2.30. The fraction of sp³-hybridized carbons (Fsp3) is 0.471. The molecule has 1 aromatic heterocycles. The molecule has 0 aliphatic carbocycles. The number of aromatic nitrogens is 1. The minimum atomic E-state index is -0.212. The van der Waals surface area contributed by atoms with Crippen LogP contribution in [0.3, 0.4) is 0 Å². The molecule has 0 unspecified atom stereocenters. The van der Waals surface area contributed by atoms with Crippen molar-refractivity contribution < 1.29 is 9.13 Å². The number of ether oxygens (including phenoxy) is 1. The van der Waals surface area contributed by atoms with Gasteiger partial charge in [-0.25, -0.2) is 9.37 Å². The number of anilines is 1. The SMILES string of the molecule is CCOCC1CCN(c2nc(-c3ccc(F)cc3)cs2)CC1. The minimum Gasteiger partial charge on any atom is -0.381 e. The zero-order valence-electron chi connectivity index (χ0n) is 12.8. The van der Waals surface area contributed by atoms with E-state index in [0.717, 1.165) is 55.5 Å². The largest absolute Gasteiger partial charge is 0.381 e.